The van der Waals surface area contributed by atoms with Crippen LogP contribution in [0, 0.1) is 0 Å². The van der Waals surface area contributed by atoms with Gasteiger partial charge in [0.25, 0.3) is 0 Å². The number of nitrogens with one attached hydrogen (secondary N) is 1. The smallest absolute Gasteiger partial charge is 0.211 e. The number of hydrogen-bond acceptors (Lipinski definition) is 2. The van der Waals surface area contributed by atoms with Gasteiger partial charge in [0.15, 0.2) is 0 Å². The van der Waals surface area contributed by atoms with Crippen molar-refractivity contribution in [3.05, 3.63) is 0 Å². The van der Waals surface area contributed by atoms with Crippen LogP contribution in [-0.4, -0.2) is 24.6 Å². The molecule has 1 N–H and O–H groups in total. The Labute approximate surface area is 88.5 Å². The Bertz CT molecular complexity index is 218. The molecule has 0 saturated heterocycles. The molecule has 0 aliphatic carbocycles. The predicted octanol–water partition coefficient (Wildman–Crippen LogP) is 1.53. The molecular weight excluding hydrogens is 289 g/mol. The molecule has 0 unspecified atom stereocenters. The first kappa shape index (κ1) is 12.6. The van der Waals surface area contributed by atoms with Gasteiger partial charge in [-0.1, -0.05) is 36.4 Å². The molecule has 0 radical (unpaired) electrons. The predicted molar refractivity (Wildman–Crippen MR) is 60.2 cm³/mol. The summed E-state index contributed by atoms with van der Waals surface area (Å²) in [5.41, 5.74) is 0. The molecule has 0 saturated carbocycles. The molecule has 0 aliphatic heterocycles. The highest BCUT2D eigenvalue weighted by Gasteiger charge is 2.14. The molecule has 0 rings (SSSR count). The van der Waals surface area contributed by atoms with Gasteiger partial charge in [0.2, 0.25) is 10.0 Å². The first-order valence-corrected chi connectivity index (χ1v) is 6.60. The molecule has 0 aliphatic rings. The maximum Gasteiger partial charge on any atom is 0.211 e. The minimum atomic E-state index is -3.00. The molecule has 5 heteroatoms. The van der Waals surface area contributed by atoms with E-state index < -0.39 is 10.0 Å². The topological polar surface area (TPSA) is 46.2 Å². The fraction of sp³-hybridized carbons (Fsp3) is 1.00. The second-order valence-electron chi connectivity index (χ2n) is 3.35. The fourth-order valence-corrected chi connectivity index (χ4v) is 1.89. The summed E-state index contributed by atoms with van der Waals surface area (Å²) in [5.74, 6) is 0.232. The van der Waals surface area contributed by atoms with Gasteiger partial charge in [0.05, 0.1) is 5.75 Å². The molecule has 0 atom stereocenters. The highest BCUT2D eigenvalue weighted by molar-refractivity contribution is 14.1. The van der Waals surface area contributed by atoms with Crippen LogP contribution in [-0.2, 0) is 10.0 Å². The van der Waals surface area contributed by atoms with Gasteiger partial charge in [-0.2, -0.15) is 0 Å². The third-order valence-corrected chi connectivity index (χ3v) is 3.48. The summed E-state index contributed by atoms with van der Waals surface area (Å²) in [6.45, 7) is 4.19. The van der Waals surface area contributed by atoms with Crippen molar-refractivity contribution in [1.82, 2.24) is 4.72 Å². The van der Waals surface area contributed by atoms with E-state index in [1.807, 2.05) is 0 Å². The van der Waals surface area contributed by atoms with Crippen LogP contribution in [0.1, 0.15) is 26.7 Å². The zero-order valence-electron chi connectivity index (χ0n) is 7.72. The summed E-state index contributed by atoms with van der Waals surface area (Å²) in [7, 11) is -1.55. The minimum Gasteiger partial charge on any atom is -0.218 e. The summed E-state index contributed by atoms with van der Waals surface area (Å²) in [4.78, 5) is 0. The van der Waals surface area contributed by atoms with Crippen molar-refractivity contribution in [2.45, 2.75) is 30.1 Å². The van der Waals surface area contributed by atoms with Crippen LogP contribution in [0.15, 0.2) is 0 Å². The van der Waals surface area contributed by atoms with Gasteiger partial charge in [-0.3, -0.25) is 0 Å². The van der Waals surface area contributed by atoms with Gasteiger partial charge in [-0.25, -0.2) is 13.1 Å². The molecule has 74 valence electrons. The first-order chi connectivity index (χ1) is 5.27. The van der Waals surface area contributed by atoms with Crippen molar-refractivity contribution >= 4 is 32.6 Å². The summed E-state index contributed by atoms with van der Waals surface area (Å²) in [6.07, 6.45) is 1.65. The second-order valence-corrected chi connectivity index (χ2v) is 8.31. The van der Waals surface area contributed by atoms with Crippen LogP contribution in [0.4, 0.5) is 0 Å². The summed E-state index contributed by atoms with van der Waals surface area (Å²) in [5, 5.41) is 0. The first-order valence-electron chi connectivity index (χ1n) is 3.87. The number of alkyl halides is 1. The number of hydrogen-bond donors (Lipinski definition) is 1. The van der Waals surface area contributed by atoms with E-state index in [0.29, 0.717) is 0 Å². The van der Waals surface area contributed by atoms with Crippen molar-refractivity contribution in [1.29, 1.82) is 0 Å². The molecule has 0 spiro atoms. The van der Waals surface area contributed by atoms with Crippen molar-refractivity contribution in [2.75, 3.05) is 12.8 Å². The van der Waals surface area contributed by atoms with Crippen LogP contribution in [0.25, 0.3) is 0 Å². The number of sulfonamides is 1. The Hall–Kier alpha value is 0.640. The average Bonchev–Trinajstić information content (AvgIpc) is 1.84. The van der Waals surface area contributed by atoms with Crippen LogP contribution in [0.5, 0.6) is 0 Å². The minimum absolute atomic E-state index is 0.195. The molecule has 0 aromatic heterocycles. The van der Waals surface area contributed by atoms with Crippen molar-refractivity contribution in [3.63, 3.8) is 0 Å². The van der Waals surface area contributed by atoms with Crippen LogP contribution < -0.4 is 4.72 Å². The molecule has 0 fully saturated rings. The van der Waals surface area contributed by atoms with Crippen LogP contribution in [0.2, 0.25) is 0 Å². The van der Waals surface area contributed by atoms with Gasteiger partial charge in [-0.05, 0) is 19.9 Å². The molecule has 0 bridgehead atoms. The maximum absolute atomic E-state index is 11.0. The fourth-order valence-electron chi connectivity index (χ4n) is 0.785. The third-order valence-electron chi connectivity index (χ3n) is 1.50. The summed E-state index contributed by atoms with van der Waals surface area (Å²) >= 11 is 2.32. The molecule has 0 amide bonds. The maximum atomic E-state index is 11.0. The highest BCUT2D eigenvalue weighted by atomic mass is 127. The van der Waals surface area contributed by atoms with Gasteiger partial charge >= 0.3 is 0 Å². The molecule has 0 heterocycles. The molecule has 12 heavy (non-hydrogen) atoms. The number of halogens is 1. The van der Waals surface area contributed by atoms with Crippen molar-refractivity contribution in [2.24, 2.45) is 0 Å². The SMILES string of the molecule is CNS(=O)(=O)CCCC(C)(C)I. The van der Waals surface area contributed by atoms with Gasteiger partial charge in [-0.15, -0.1) is 0 Å². The lowest BCUT2D eigenvalue weighted by molar-refractivity contribution is 0.578. The zero-order valence-corrected chi connectivity index (χ0v) is 10.7. The Morgan fingerprint density at radius 1 is 1.42 bits per heavy atom. The Morgan fingerprint density at radius 3 is 2.25 bits per heavy atom. The lowest BCUT2D eigenvalue weighted by Gasteiger charge is -2.15. The molecule has 3 nitrogen and oxygen atoms in total. The molecule has 0 aromatic rings. The number of rotatable bonds is 5. The van der Waals surface area contributed by atoms with Gasteiger partial charge < -0.3 is 0 Å². The van der Waals surface area contributed by atoms with Gasteiger partial charge in [0, 0.05) is 3.42 Å². The second kappa shape index (κ2) is 4.76. The Morgan fingerprint density at radius 2 is 1.92 bits per heavy atom. The van der Waals surface area contributed by atoms with Gasteiger partial charge in [0.1, 0.15) is 0 Å². The Balaban J connectivity index is 3.73. The monoisotopic (exact) mass is 305 g/mol. The molecular formula is C7H16INO2S. The van der Waals surface area contributed by atoms with Crippen LogP contribution in [0.3, 0.4) is 0 Å². The van der Waals surface area contributed by atoms with E-state index in [9.17, 15) is 8.42 Å². The van der Waals surface area contributed by atoms with Crippen molar-refractivity contribution < 1.29 is 8.42 Å². The van der Waals surface area contributed by atoms with E-state index in [2.05, 4.69) is 41.2 Å². The van der Waals surface area contributed by atoms with E-state index in [1.54, 1.807) is 0 Å². The zero-order chi connectivity index (χ0) is 9.83. The van der Waals surface area contributed by atoms with Crippen molar-refractivity contribution in [3.8, 4) is 0 Å². The summed E-state index contributed by atoms with van der Waals surface area (Å²) < 4.78 is 24.4. The normalized spacial score (nSPS) is 13.3. The van der Waals surface area contributed by atoms with E-state index in [4.69, 9.17) is 0 Å². The quantitative estimate of drug-likeness (QED) is 0.618. The van der Waals surface area contributed by atoms with E-state index in [-0.39, 0.29) is 9.17 Å². The van der Waals surface area contributed by atoms with E-state index in [0.717, 1.165) is 12.8 Å². The standard InChI is InChI=1S/C7H16INO2S/c1-7(2,8)5-4-6-12(10,11)9-3/h9H,4-6H2,1-3H3. The third kappa shape index (κ3) is 7.30. The average molecular weight is 305 g/mol. The van der Waals surface area contributed by atoms with Crippen LogP contribution >= 0.6 is 22.6 Å². The van der Waals surface area contributed by atoms with E-state index in [1.165, 1.54) is 7.05 Å². The summed E-state index contributed by atoms with van der Waals surface area (Å²) in [6, 6.07) is 0. The lowest BCUT2D eigenvalue weighted by Crippen LogP contribution is -2.23. The lowest BCUT2D eigenvalue weighted by atomic mass is 10.1. The van der Waals surface area contributed by atoms with E-state index >= 15 is 0 Å². The largest absolute Gasteiger partial charge is 0.218 e. The molecule has 0 aromatic carbocycles. The highest BCUT2D eigenvalue weighted by Crippen LogP contribution is 2.22. The Kier molecular flexibility index (Phi) is 5.01.